The van der Waals surface area contributed by atoms with Crippen molar-refractivity contribution in [1.82, 2.24) is 5.09 Å². The first-order valence-corrected chi connectivity index (χ1v) is 8.81. The van der Waals surface area contributed by atoms with Crippen LogP contribution in [-0.2, 0) is 11.1 Å². The Labute approximate surface area is 121 Å². The minimum Gasteiger partial charge on any atom is -0.306 e. The third-order valence-corrected chi connectivity index (χ3v) is 10.00. The largest absolute Gasteiger partial charge is 0.306 e. The zero-order chi connectivity index (χ0) is 14.5. The van der Waals surface area contributed by atoms with Gasteiger partial charge in [-0.05, 0) is 23.6 Å². The molecule has 1 saturated heterocycles. The normalized spacial score (nSPS) is 31.8. The third kappa shape index (κ3) is 2.09. The van der Waals surface area contributed by atoms with E-state index < -0.39 is 7.29 Å². The summed E-state index contributed by atoms with van der Waals surface area (Å²) in [7, 11) is -2.43. The maximum absolute atomic E-state index is 13.3. The van der Waals surface area contributed by atoms with E-state index in [1.54, 1.807) is 0 Å². The molecule has 1 aromatic rings. The van der Waals surface area contributed by atoms with E-state index in [2.05, 4.69) is 39.7 Å². The molecule has 0 aliphatic carbocycles. The smallest absolute Gasteiger partial charge is 0.159 e. The van der Waals surface area contributed by atoms with Crippen LogP contribution in [0.2, 0.25) is 5.02 Å². The van der Waals surface area contributed by atoms with Crippen LogP contribution in [0.5, 0.6) is 0 Å². The molecule has 1 N–H and O–H groups in total. The standard InChI is InChI=1S/C15H23ClNOP/c1-11-14(2,3)19(18,15(11,4)5)17-10-12-7-6-8-13(16)9-12/h6-9,11H,10H2,1-5H3,(H,17,18). The van der Waals surface area contributed by atoms with E-state index in [9.17, 15) is 4.57 Å². The predicted octanol–water partition coefficient (Wildman–Crippen LogP) is 4.91. The fraction of sp³-hybridized carbons (Fsp3) is 0.600. The van der Waals surface area contributed by atoms with Gasteiger partial charge >= 0.3 is 0 Å². The van der Waals surface area contributed by atoms with Gasteiger partial charge < -0.3 is 4.57 Å². The van der Waals surface area contributed by atoms with E-state index in [1.165, 1.54) is 0 Å². The van der Waals surface area contributed by atoms with Gasteiger partial charge in [0.1, 0.15) is 0 Å². The third-order valence-electron chi connectivity index (χ3n) is 5.14. The Morgan fingerprint density at radius 3 is 2.37 bits per heavy atom. The summed E-state index contributed by atoms with van der Waals surface area (Å²) in [5.41, 5.74) is 1.08. The topological polar surface area (TPSA) is 29.1 Å². The second-order valence-corrected chi connectivity index (χ2v) is 10.9. The fourth-order valence-electron chi connectivity index (χ4n) is 3.34. The van der Waals surface area contributed by atoms with E-state index in [4.69, 9.17) is 11.6 Å². The quantitative estimate of drug-likeness (QED) is 0.803. The molecule has 0 unspecified atom stereocenters. The molecule has 1 heterocycles. The van der Waals surface area contributed by atoms with Gasteiger partial charge in [0.2, 0.25) is 0 Å². The highest BCUT2D eigenvalue weighted by Gasteiger charge is 2.67. The molecule has 0 bridgehead atoms. The number of halogens is 1. The van der Waals surface area contributed by atoms with Crippen LogP contribution < -0.4 is 5.09 Å². The number of nitrogens with one attached hydrogen (secondary N) is 1. The summed E-state index contributed by atoms with van der Waals surface area (Å²) in [4.78, 5) is 0. The Hall–Kier alpha value is -0.300. The van der Waals surface area contributed by atoms with Gasteiger partial charge in [-0.25, -0.2) is 0 Å². The summed E-state index contributed by atoms with van der Waals surface area (Å²) in [6.07, 6.45) is 0. The van der Waals surface area contributed by atoms with Crippen molar-refractivity contribution < 1.29 is 4.57 Å². The van der Waals surface area contributed by atoms with Crippen LogP contribution in [0.15, 0.2) is 24.3 Å². The van der Waals surface area contributed by atoms with Gasteiger partial charge in [-0.15, -0.1) is 0 Å². The first-order chi connectivity index (χ1) is 8.63. The molecular formula is C15H23ClNOP. The molecular weight excluding hydrogens is 277 g/mol. The second kappa shape index (κ2) is 4.62. The molecule has 4 heteroatoms. The molecule has 0 radical (unpaired) electrons. The highest BCUT2D eigenvalue weighted by atomic mass is 35.5. The predicted molar refractivity (Wildman–Crippen MR) is 83.2 cm³/mol. The lowest BCUT2D eigenvalue weighted by molar-refractivity contribution is 0.262. The summed E-state index contributed by atoms with van der Waals surface area (Å²) < 4.78 is 13.3. The Kier molecular flexibility index (Phi) is 3.67. The molecule has 1 fully saturated rings. The van der Waals surface area contributed by atoms with E-state index >= 15 is 0 Å². The summed E-state index contributed by atoms with van der Waals surface area (Å²) in [5, 5.41) is 3.78. The van der Waals surface area contributed by atoms with Crippen molar-refractivity contribution in [3.8, 4) is 0 Å². The molecule has 1 aliphatic rings. The van der Waals surface area contributed by atoms with E-state index in [0.717, 1.165) is 10.6 Å². The van der Waals surface area contributed by atoms with Crippen LogP contribution >= 0.6 is 18.9 Å². The van der Waals surface area contributed by atoms with E-state index in [-0.39, 0.29) is 10.3 Å². The molecule has 1 aromatic carbocycles. The van der Waals surface area contributed by atoms with E-state index in [1.807, 2.05) is 24.3 Å². The van der Waals surface area contributed by atoms with Crippen molar-refractivity contribution in [2.75, 3.05) is 0 Å². The Morgan fingerprint density at radius 1 is 1.26 bits per heavy atom. The molecule has 1 aliphatic heterocycles. The number of hydrogen-bond acceptors (Lipinski definition) is 1. The molecule has 0 spiro atoms. The molecule has 2 nitrogen and oxygen atoms in total. The number of hydrogen-bond donors (Lipinski definition) is 1. The van der Waals surface area contributed by atoms with Crippen LogP contribution in [0.3, 0.4) is 0 Å². The molecule has 0 aromatic heterocycles. The Balaban J connectivity index is 2.17. The minimum atomic E-state index is -2.43. The van der Waals surface area contributed by atoms with Crippen molar-refractivity contribution >= 4 is 18.9 Å². The fourth-order valence-corrected chi connectivity index (χ4v) is 7.79. The summed E-state index contributed by atoms with van der Waals surface area (Å²) in [6.45, 7) is 11.2. The van der Waals surface area contributed by atoms with Crippen molar-refractivity contribution in [2.45, 2.75) is 51.5 Å². The lowest BCUT2D eigenvalue weighted by Gasteiger charge is -2.62. The summed E-state index contributed by atoms with van der Waals surface area (Å²) in [5.74, 6) is 0.442. The molecule has 2 rings (SSSR count). The second-order valence-electron chi connectivity index (χ2n) is 6.60. The average molecular weight is 300 g/mol. The van der Waals surface area contributed by atoms with Gasteiger partial charge in [-0.3, -0.25) is 5.09 Å². The van der Waals surface area contributed by atoms with Crippen LogP contribution in [0.4, 0.5) is 0 Å². The van der Waals surface area contributed by atoms with Crippen molar-refractivity contribution in [1.29, 1.82) is 0 Å². The SMILES string of the molecule is CC1C(C)(C)P(=O)(NCc2cccc(Cl)c2)C1(C)C. The summed E-state index contributed by atoms with van der Waals surface area (Å²) >= 11 is 5.98. The van der Waals surface area contributed by atoms with Gasteiger partial charge in [-0.1, -0.05) is 58.4 Å². The molecule has 0 amide bonds. The molecule has 19 heavy (non-hydrogen) atoms. The maximum atomic E-state index is 13.3. The first kappa shape index (κ1) is 15.1. The van der Waals surface area contributed by atoms with Gasteiger partial charge in [0.05, 0.1) is 0 Å². The highest BCUT2D eigenvalue weighted by Crippen LogP contribution is 2.79. The van der Waals surface area contributed by atoms with Crippen LogP contribution in [0.1, 0.15) is 40.2 Å². The Morgan fingerprint density at radius 2 is 1.84 bits per heavy atom. The van der Waals surface area contributed by atoms with Gasteiger partial charge in [0.25, 0.3) is 0 Å². The van der Waals surface area contributed by atoms with Gasteiger partial charge in [0.15, 0.2) is 7.29 Å². The van der Waals surface area contributed by atoms with E-state index in [0.29, 0.717) is 12.5 Å². The minimum absolute atomic E-state index is 0.144. The monoisotopic (exact) mass is 299 g/mol. The van der Waals surface area contributed by atoms with Crippen LogP contribution in [-0.4, -0.2) is 10.3 Å². The summed E-state index contributed by atoms with van der Waals surface area (Å²) in [6, 6.07) is 7.71. The van der Waals surface area contributed by atoms with Gasteiger partial charge in [0, 0.05) is 21.9 Å². The zero-order valence-corrected chi connectivity index (χ0v) is 14.0. The Bertz CT molecular complexity index is 519. The van der Waals surface area contributed by atoms with Crippen molar-refractivity contribution in [3.05, 3.63) is 34.9 Å². The maximum Gasteiger partial charge on any atom is 0.159 e. The number of rotatable bonds is 3. The molecule has 0 saturated carbocycles. The molecule has 0 atom stereocenters. The van der Waals surface area contributed by atoms with Crippen molar-refractivity contribution in [3.63, 3.8) is 0 Å². The average Bonchev–Trinajstić information content (AvgIpc) is 2.34. The molecule has 106 valence electrons. The van der Waals surface area contributed by atoms with Crippen LogP contribution in [0.25, 0.3) is 0 Å². The first-order valence-electron chi connectivity index (χ1n) is 6.73. The van der Waals surface area contributed by atoms with Gasteiger partial charge in [-0.2, -0.15) is 0 Å². The highest BCUT2D eigenvalue weighted by molar-refractivity contribution is 7.66. The lowest BCUT2D eigenvalue weighted by Crippen LogP contribution is -2.60. The zero-order valence-electron chi connectivity index (χ0n) is 12.3. The van der Waals surface area contributed by atoms with Crippen LogP contribution in [0, 0.1) is 5.92 Å². The lowest BCUT2D eigenvalue weighted by atomic mass is 9.83. The van der Waals surface area contributed by atoms with Crippen molar-refractivity contribution in [2.24, 2.45) is 5.92 Å². The number of benzene rings is 1.